The molecule has 1 heterocycles. The molecule has 0 spiro atoms. The first-order valence-corrected chi connectivity index (χ1v) is 8.09. The second kappa shape index (κ2) is 6.38. The molecule has 124 valence electrons. The van der Waals surface area contributed by atoms with E-state index in [0.717, 1.165) is 16.8 Å². The molecule has 0 aliphatic rings. The van der Waals surface area contributed by atoms with E-state index in [9.17, 15) is 15.0 Å². The van der Waals surface area contributed by atoms with E-state index in [1.165, 1.54) is 6.07 Å². The van der Waals surface area contributed by atoms with E-state index in [4.69, 9.17) is 23.2 Å². The van der Waals surface area contributed by atoms with Gasteiger partial charge in [0.2, 0.25) is 0 Å². The number of phenols is 1. The third-order valence-corrected chi connectivity index (χ3v) is 4.66. The van der Waals surface area contributed by atoms with Crippen LogP contribution in [0.2, 0.25) is 10.0 Å². The number of rotatable bonds is 4. The molecule has 2 aromatic carbocycles. The van der Waals surface area contributed by atoms with Crippen LogP contribution < -0.4 is 0 Å². The SMILES string of the molecule is Cc1c(CC(=O)O)c2cc(O)c(Cl)cc2n1Cc1ccc(Cl)cc1. The predicted molar refractivity (Wildman–Crippen MR) is 95.2 cm³/mol. The number of aromatic nitrogens is 1. The van der Waals surface area contributed by atoms with E-state index in [2.05, 4.69) is 0 Å². The van der Waals surface area contributed by atoms with Gasteiger partial charge in [-0.1, -0.05) is 35.3 Å². The molecule has 4 nitrogen and oxygen atoms in total. The van der Waals surface area contributed by atoms with Crippen molar-refractivity contribution in [2.45, 2.75) is 19.9 Å². The fraction of sp³-hybridized carbons (Fsp3) is 0.167. The summed E-state index contributed by atoms with van der Waals surface area (Å²) >= 11 is 12.0. The number of halogens is 2. The van der Waals surface area contributed by atoms with Crippen LogP contribution in [-0.4, -0.2) is 20.7 Å². The first-order valence-electron chi connectivity index (χ1n) is 7.33. The molecule has 0 aliphatic heterocycles. The summed E-state index contributed by atoms with van der Waals surface area (Å²) in [6.07, 6.45) is -0.114. The van der Waals surface area contributed by atoms with Crippen molar-refractivity contribution >= 4 is 40.1 Å². The molecular formula is C18H15Cl2NO3. The molecule has 0 fully saturated rings. The van der Waals surface area contributed by atoms with Gasteiger partial charge >= 0.3 is 5.97 Å². The van der Waals surface area contributed by atoms with Gasteiger partial charge in [0.15, 0.2) is 0 Å². The fourth-order valence-electron chi connectivity index (χ4n) is 2.91. The van der Waals surface area contributed by atoms with Gasteiger partial charge in [-0.3, -0.25) is 4.79 Å². The van der Waals surface area contributed by atoms with E-state index in [1.54, 1.807) is 6.07 Å². The predicted octanol–water partition coefficient (Wildman–Crippen LogP) is 4.64. The van der Waals surface area contributed by atoms with Crippen LogP contribution in [0.15, 0.2) is 36.4 Å². The first-order chi connectivity index (χ1) is 11.4. The molecule has 0 saturated carbocycles. The maximum Gasteiger partial charge on any atom is 0.307 e. The van der Waals surface area contributed by atoms with Gasteiger partial charge in [0.25, 0.3) is 0 Å². The van der Waals surface area contributed by atoms with Gasteiger partial charge in [0.1, 0.15) is 5.75 Å². The highest BCUT2D eigenvalue weighted by Crippen LogP contribution is 2.34. The van der Waals surface area contributed by atoms with Crippen molar-refractivity contribution in [3.05, 3.63) is 63.3 Å². The van der Waals surface area contributed by atoms with Gasteiger partial charge in [0, 0.05) is 22.6 Å². The fourth-order valence-corrected chi connectivity index (χ4v) is 3.19. The Hall–Kier alpha value is -2.17. The third-order valence-electron chi connectivity index (χ3n) is 4.10. The standard InChI is InChI=1S/C18H15Cl2NO3/c1-10-13(7-18(23)24)14-6-17(22)15(20)8-16(14)21(10)9-11-2-4-12(19)5-3-11/h2-6,8,22H,7,9H2,1H3,(H,23,24). The maximum atomic E-state index is 11.2. The lowest BCUT2D eigenvalue weighted by Gasteiger charge is -2.09. The average Bonchev–Trinajstić information content (AvgIpc) is 2.75. The van der Waals surface area contributed by atoms with Crippen molar-refractivity contribution in [1.29, 1.82) is 0 Å². The van der Waals surface area contributed by atoms with E-state index < -0.39 is 5.97 Å². The minimum atomic E-state index is -0.918. The Morgan fingerprint density at radius 1 is 1.17 bits per heavy atom. The number of aliphatic carboxylic acids is 1. The molecule has 24 heavy (non-hydrogen) atoms. The zero-order valence-corrected chi connectivity index (χ0v) is 14.4. The lowest BCUT2D eigenvalue weighted by Crippen LogP contribution is -2.05. The van der Waals surface area contributed by atoms with Crippen molar-refractivity contribution in [2.75, 3.05) is 0 Å². The van der Waals surface area contributed by atoms with Crippen LogP contribution in [-0.2, 0) is 17.8 Å². The zero-order chi connectivity index (χ0) is 17.4. The van der Waals surface area contributed by atoms with Crippen molar-refractivity contribution in [3.8, 4) is 5.75 Å². The number of fused-ring (bicyclic) bond motifs is 1. The number of carbonyl (C=O) groups is 1. The summed E-state index contributed by atoms with van der Waals surface area (Å²) in [5, 5.41) is 20.7. The Morgan fingerprint density at radius 2 is 1.83 bits per heavy atom. The Balaban J connectivity index is 2.18. The monoisotopic (exact) mass is 363 g/mol. The van der Waals surface area contributed by atoms with Crippen molar-refractivity contribution in [2.24, 2.45) is 0 Å². The first kappa shape index (κ1) is 16.7. The number of carboxylic acids is 1. The number of aromatic hydroxyl groups is 1. The second-order valence-electron chi connectivity index (χ2n) is 5.67. The van der Waals surface area contributed by atoms with Gasteiger partial charge in [-0.2, -0.15) is 0 Å². The summed E-state index contributed by atoms with van der Waals surface area (Å²) < 4.78 is 2.00. The Bertz CT molecular complexity index is 930. The molecule has 2 N–H and O–H groups in total. The molecule has 0 amide bonds. The van der Waals surface area contributed by atoms with Crippen LogP contribution >= 0.6 is 23.2 Å². The van der Waals surface area contributed by atoms with Gasteiger partial charge in [-0.15, -0.1) is 0 Å². The molecule has 0 saturated heterocycles. The summed E-state index contributed by atoms with van der Waals surface area (Å²) in [5.41, 5.74) is 3.34. The van der Waals surface area contributed by atoms with E-state index >= 15 is 0 Å². The zero-order valence-electron chi connectivity index (χ0n) is 12.9. The second-order valence-corrected chi connectivity index (χ2v) is 6.51. The number of nitrogens with zero attached hydrogens (tertiary/aromatic N) is 1. The lowest BCUT2D eigenvalue weighted by atomic mass is 10.1. The summed E-state index contributed by atoms with van der Waals surface area (Å²) in [5.74, 6) is -0.975. The van der Waals surface area contributed by atoms with Crippen molar-refractivity contribution < 1.29 is 15.0 Å². The summed E-state index contributed by atoms with van der Waals surface area (Å²) in [6.45, 7) is 2.43. The summed E-state index contributed by atoms with van der Waals surface area (Å²) in [4.78, 5) is 11.2. The molecular weight excluding hydrogens is 349 g/mol. The molecule has 3 rings (SSSR count). The highest BCUT2D eigenvalue weighted by atomic mass is 35.5. The van der Waals surface area contributed by atoms with Crippen LogP contribution in [0.1, 0.15) is 16.8 Å². The van der Waals surface area contributed by atoms with Gasteiger partial charge in [-0.05, 0) is 42.3 Å². The largest absolute Gasteiger partial charge is 0.506 e. The van der Waals surface area contributed by atoms with Gasteiger partial charge < -0.3 is 14.8 Å². The van der Waals surface area contributed by atoms with Crippen LogP contribution in [0.25, 0.3) is 10.9 Å². The normalized spacial score (nSPS) is 11.1. The van der Waals surface area contributed by atoms with Crippen LogP contribution in [0.4, 0.5) is 0 Å². The van der Waals surface area contributed by atoms with Gasteiger partial charge in [-0.25, -0.2) is 0 Å². The molecule has 6 heteroatoms. The van der Waals surface area contributed by atoms with Crippen LogP contribution in [0.5, 0.6) is 5.75 Å². The highest BCUT2D eigenvalue weighted by Gasteiger charge is 2.18. The Labute approximate surface area is 148 Å². The van der Waals surface area contributed by atoms with Gasteiger partial charge in [0.05, 0.1) is 17.0 Å². The number of hydrogen-bond donors (Lipinski definition) is 2. The average molecular weight is 364 g/mol. The minimum Gasteiger partial charge on any atom is -0.506 e. The number of phenolic OH excluding ortho intramolecular Hbond substituents is 1. The summed E-state index contributed by atoms with van der Waals surface area (Å²) in [6, 6.07) is 10.7. The highest BCUT2D eigenvalue weighted by molar-refractivity contribution is 6.32. The van der Waals surface area contributed by atoms with Crippen LogP contribution in [0.3, 0.4) is 0 Å². The molecule has 0 atom stereocenters. The maximum absolute atomic E-state index is 11.2. The smallest absolute Gasteiger partial charge is 0.307 e. The summed E-state index contributed by atoms with van der Waals surface area (Å²) in [7, 11) is 0. The molecule has 0 radical (unpaired) electrons. The minimum absolute atomic E-state index is 0.0561. The molecule has 0 aliphatic carbocycles. The molecule has 3 aromatic rings. The van der Waals surface area contributed by atoms with Crippen molar-refractivity contribution in [1.82, 2.24) is 4.57 Å². The molecule has 0 bridgehead atoms. The number of benzene rings is 2. The lowest BCUT2D eigenvalue weighted by molar-refractivity contribution is -0.136. The van der Waals surface area contributed by atoms with E-state index in [-0.39, 0.29) is 17.2 Å². The number of hydrogen-bond acceptors (Lipinski definition) is 2. The van der Waals surface area contributed by atoms with E-state index in [0.29, 0.717) is 22.5 Å². The van der Waals surface area contributed by atoms with Crippen LogP contribution in [0, 0.1) is 6.92 Å². The topological polar surface area (TPSA) is 62.5 Å². The Morgan fingerprint density at radius 3 is 2.46 bits per heavy atom. The molecule has 1 aromatic heterocycles. The quantitative estimate of drug-likeness (QED) is 0.709. The Kier molecular flexibility index (Phi) is 4.43. The van der Waals surface area contributed by atoms with E-state index in [1.807, 2.05) is 35.8 Å². The van der Waals surface area contributed by atoms with Crippen molar-refractivity contribution in [3.63, 3.8) is 0 Å². The third kappa shape index (κ3) is 3.07. The molecule has 0 unspecified atom stereocenters. The number of carboxylic acid groups (broad SMARTS) is 1.